The predicted molar refractivity (Wildman–Crippen MR) is 69.3 cm³/mol. The van der Waals surface area contributed by atoms with E-state index < -0.39 is 0 Å². The number of hydrogen-bond donors (Lipinski definition) is 0. The van der Waals surface area contributed by atoms with Crippen LogP contribution in [0.4, 0.5) is 0 Å². The van der Waals surface area contributed by atoms with Gasteiger partial charge in [0, 0.05) is 28.4 Å². The Morgan fingerprint density at radius 1 is 0.611 bits per heavy atom. The molecule has 0 amide bonds. The molecule has 0 bridgehead atoms. The van der Waals surface area contributed by atoms with Crippen molar-refractivity contribution in [3.63, 3.8) is 0 Å². The standard InChI is InChI=1S/C14H22O4/c1-15-7-11-5-6-12(8-16-2)14(10-18-4)13(11)9-17-3/h5-6H,7-10H2,1-4H3. The summed E-state index contributed by atoms with van der Waals surface area (Å²) >= 11 is 0. The minimum absolute atomic E-state index is 0.551. The molecule has 0 heterocycles. The van der Waals surface area contributed by atoms with Gasteiger partial charge < -0.3 is 18.9 Å². The van der Waals surface area contributed by atoms with Crippen molar-refractivity contribution in [2.24, 2.45) is 0 Å². The van der Waals surface area contributed by atoms with Crippen LogP contribution in [0.2, 0.25) is 0 Å². The summed E-state index contributed by atoms with van der Waals surface area (Å²) in [5.74, 6) is 0. The Balaban J connectivity index is 3.19. The SMILES string of the molecule is COCc1ccc(COC)c(COC)c1COC. The first kappa shape index (κ1) is 15.1. The van der Waals surface area contributed by atoms with E-state index in [0.29, 0.717) is 26.4 Å². The Morgan fingerprint density at radius 3 is 1.22 bits per heavy atom. The van der Waals surface area contributed by atoms with Crippen LogP contribution in [0.25, 0.3) is 0 Å². The van der Waals surface area contributed by atoms with Gasteiger partial charge in [-0.2, -0.15) is 0 Å². The van der Waals surface area contributed by atoms with Crippen molar-refractivity contribution < 1.29 is 18.9 Å². The number of rotatable bonds is 8. The molecule has 4 nitrogen and oxygen atoms in total. The second-order valence-corrected chi connectivity index (χ2v) is 4.07. The van der Waals surface area contributed by atoms with Crippen molar-refractivity contribution >= 4 is 0 Å². The van der Waals surface area contributed by atoms with Gasteiger partial charge in [-0.3, -0.25) is 0 Å². The zero-order valence-electron chi connectivity index (χ0n) is 11.6. The molecular formula is C14H22O4. The fourth-order valence-electron chi connectivity index (χ4n) is 2.02. The molecular weight excluding hydrogens is 232 g/mol. The maximum Gasteiger partial charge on any atom is 0.0720 e. The molecule has 0 radical (unpaired) electrons. The van der Waals surface area contributed by atoms with Crippen molar-refractivity contribution in [3.8, 4) is 0 Å². The zero-order chi connectivity index (χ0) is 13.4. The van der Waals surface area contributed by atoms with Crippen LogP contribution in [-0.4, -0.2) is 28.4 Å². The largest absolute Gasteiger partial charge is 0.380 e. The van der Waals surface area contributed by atoms with Gasteiger partial charge in [0.1, 0.15) is 0 Å². The summed E-state index contributed by atoms with van der Waals surface area (Å²) in [6, 6.07) is 4.12. The van der Waals surface area contributed by atoms with Gasteiger partial charge in [0.05, 0.1) is 26.4 Å². The van der Waals surface area contributed by atoms with E-state index in [2.05, 4.69) is 12.1 Å². The third-order valence-corrected chi connectivity index (χ3v) is 2.80. The molecule has 1 rings (SSSR count). The van der Waals surface area contributed by atoms with Crippen molar-refractivity contribution in [1.29, 1.82) is 0 Å². The molecule has 0 aliphatic carbocycles. The lowest BCUT2D eigenvalue weighted by Gasteiger charge is -2.17. The number of benzene rings is 1. The van der Waals surface area contributed by atoms with Crippen molar-refractivity contribution in [3.05, 3.63) is 34.4 Å². The van der Waals surface area contributed by atoms with Crippen LogP contribution in [0.3, 0.4) is 0 Å². The molecule has 0 aromatic heterocycles. The fourth-order valence-corrected chi connectivity index (χ4v) is 2.02. The molecule has 1 aromatic rings. The molecule has 102 valence electrons. The minimum Gasteiger partial charge on any atom is -0.380 e. The molecule has 0 fully saturated rings. The Bertz CT molecular complexity index is 328. The Labute approximate surface area is 109 Å². The van der Waals surface area contributed by atoms with E-state index in [-0.39, 0.29) is 0 Å². The lowest BCUT2D eigenvalue weighted by molar-refractivity contribution is 0.153. The highest BCUT2D eigenvalue weighted by Crippen LogP contribution is 2.23. The van der Waals surface area contributed by atoms with Gasteiger partial charge in [0.2, 0.25) is 0 Å². The van der Waals surface area contributed by atoms with Gasteiger partial charge in [0.15, 0.2) is 0 Å². The predicted octanol–water partition coefficient (Wildman–Crippen LogP) is 2.27. The van der Waals surface area contributed by atoms with Crippen LogP contribution >= 0.6 is 0 Å². The molecule has 1 aromatic carbocycles. The van der Waals surface area contributed by atoms with E-state index in [0.717, 1.165) is 22.3 Å². The number of methoxy groups -OCH3 is 4. The van der Waals surface area contributed by atoms with Crippen LogP contribution < -0.4 is 0 Å². The van der Waals surface area contributed by atoms with Gasteiger partial charge in [-0.15, -0.1) is 0 Å². The topological polar surface area (TPSA) is 36.9 Å². The van der Waals surface area contributed by atoms with Crippen LogP contribution in [0.5, 0.6) is 0 Å². The summed E-state index contributed by atoms with van der Waals surface area (Å²) < 4.78 is 21.0. The van der Waals surface area contributed by atoms with Crippen LogP contribution in [0.15, 0.2) is 12.1 Å². The first-order valence-electron chi connectivity index (χ1n) is 5.86. The van der Waals surface area contributed by atoms with Crippen LogP contribution in [0.1, 0.15) is 22.3 Å². The average molecular weight is 254 g/mol. The van der Waals surface area contributed by atoms with Crippen LogP contribution in [-0.2, 0) is 45.4 Å². The maximum atomic E-state index is 5.28. The van der Waals surface area contributed by atoms with E-state index in [1.165, 1.54) is 0 Å². The number of hydrogen-bond acceptors (Lipinski definition) is 4. The van der Waals surface area contributed by atoms with Gasteiger partial charge in [0.25, 0.3) is 0 Å². The molecule has 0 atom stereocenters. The highest BCUT2D eigenvalue weighted by Gasteiger charge is 2.13. The molecule has 0 saturated carbocycles. The van der Waals surface area contributed by atoms with Crippen molar-refractivity contribution in [1.82, 2.24) is 0 Å². The molecule has 0 spiro atoms. The normalized spacial score (nSPS) is 10.9. The summed E-state index contributed by atoms with van der Waals surface area (Å²) in [5, 5.41) is 0. The van der Waals surface area contributed by atoms with E-state index in [1.54, 1.807) is 28.4 Å². The molecule has 18 heavy (non-hydrogen) atoms. The summed E-state index contributed by atoms with van der Waals surface area (Å²) in [4.78, 5) is 0. The number of ether oxygens (including phenoxy) is 4. The zero-order valence-corrected chi connectivity index (χ0v) is 11.6. The summed E-state index contributed by atoms with van der Waals surface area (Å²) in [6.07, 6.45) is 0. The molecule has 0 saturated heterocycles. The summed E-state index contributed by atoms with van der Waals surface area (Å²) in [7, 11) is 6.76. The average Bonchev–Trinajstić information content (AvgIpc) is 2.37. The van der Waals surface area contributed by atoms with E-state index in [4.69, 9.17) is 18.9 Å². The Kier molecular flexibility index (Phi) is 6.90. The summed E-state index contributed by atoms with van der Waals surface area (Å²) in [6.45, 7) is 2.25. The third-order valence-electron chi connectivity index (χ3n) is 2.80. The van der Waals surface area contributed by atoms with Crippen LogP contribution in [0, 0.1) is 0 Å². The molecule has 0 aliphatic rings. The van der Waals surface area contributed by atoms with Gasteiger partial charge >= 0.3 is 0 Å². The smallest absolute Gasteiger partial charge is 0.0720 e. The molecule has 0 aliphatic heterocycles. The molecule has 4 heteroatoms. The van der Waals surface area contributed by atoms with E-state index >= 15 is 0 Å². The Morgan fingerprint density at radius 2 is 0.944 bits per heavy atom. The van der Waals surface area contributed by atoms with Gasteiger partial charge in [-0.25, -0.2) is 0 Å². The molecule has 0 N–H and O–H groups in total. The van der Waals surface area contributed by atoms with E-state index in [1.807, 2.05) is 0 Å². The van der Waals surface area contributed by atoms with Crippen molar-refractivity contribution in [2.75, 3.05) is 28.4 Å². The van der Waals surface area contributed by atoms with E-state index in [9.17, 15) is 0 Å². The highest BCUT2D eigenvalue weighted by molar-refractivity contribution is 5.40. The first-order valence-corrected chi connectivity index (χ1v) is 5.86. The quantitative estimate of drug-likeness (QED) is 0.713. The fraction of sp³-hybridized carbons (Fsp3) is 0.571. The lowest BCUT2D eigenvalue weighted by atomic mass is 9.97. The second kappa shape index (κ2) is 8.21. The highest BCUT2D eigenvalue weighted by atomic mass is 16.5. The third kappa shape index (κ3) is 3.78. The lowest BCUT2D eigenvalue weighted by Crippen LogP contribution is -2.08. The first-order chi connectivity index (χ1) is 8.78. The summed E-state index contributed by atoms with van der Waals surface area (Å²) in [5.41, 5.74) is 4.53. The van der Waals surface area contributed by atoms with Gasteiger partial charge in [-0.05, 0) is 22.3 Å². The van der Waals surface area contributed by atoms with Crippen molar-refractivity contribution in [2.45, 2.75) is 26.4 Å². The maximum absolute atomic E-state index is 5.28. The minimum atomic E-state index is 0.551. The Hall–Kier alpha value is -0.940. The monoisotopic (exact) mass is 254 g/mol. The van der Waals surface area contributed by atoms with Gasteiger partial charge in [-0.1, -0.05) is 12.1 Å². The molecule has 0 unspecified atom stereocenters. The second-order valence-electron chi connectivity index (χ2n) is 4.07.